The zero-order valence-corrected chi connectivity index (χ0v) is 13.0. The van der Waals surface area contributed by atoms with Gasteiger partial charge in [-0.25, -0.2) is 4.39 Å². The number of benzene rings is 2. The third-order valence-corrected chi connectivity index (χ3v) is 4.04. The van der Waals surface area contributed by atoms with E-state index in [4.69, 9.17) is 11.6 Å². The summed E-state index contributed by atoms with van der Waals surface area (Å²) in [5, 5.41) is 12.8. The third kappa shape index (κ3) is 3.30. The molecule has 0 heterocycles. The standard InChI is InChI=1S/C15H11BrClFN2/c1-9-2-5-14(18)11(6-9)15(8-19)20-10-3-4-13(17)12(16)7-10/h2-7,15,20H,1H3. The number of nitriles is 1. The summed E-state index contributed by atoms with van der Waals surface area (Å²) >= 11 is 9.23. The van der Waals surface area contributed by atoms with Crippen LogP contribution in [-0.4, -0.2) is 0 Å². The Kier molecular flexibility index (Phi) is 4.64. The van der Waals surface area contributed by atoms with Gasteiger partial charge in [0, 0.05) is 15.7 Å². The Labute approximate surface area is 130 Å². The summed E-state index contributed by atoms with van der Waals surface area (Å²) in [6.07, 6.45) is 0. The molecular weight excluding hydrogens is 343 g/mol. The van der Waals surface area contributed by atoms with Gasteiger partial charge in [0.2, 0.25) is 0 Å². The van der Waals surface area contributed by atoms with Gasteiger partial charge in [0.15, 0.2) is 0 Å². The smallest absolute Gasteiger partial charge is 0.143 e. The number of aryl methyl sites for hydroxylation is 1. The molecule has 2 rings (SSSR count). The van der Waals surface area contributed by atoms with Crippen LogP contribution in [0.25, 0.3) is 0 Å². The van der Waals surface area contributed by atoms with E-state index in [9.17, 15) is 9.65 Å². The lowest BCUT2D eigenvalue weighted by molar-refractivity contribution is 0.607. The first kappa shape index (κ1) is 14.8. The van der Waals surface area contributed by atoms with Gasteiger partial charge in [0.05, 0.1) is 11.1 Å². The van der Waals surface area contributed by atoms with Gasteiger partial charge in [-0.15, -0.1) is 0 Å². The highest BCUT2D eigenvalue weighted by Crippen LogP contribution is 2.28. The quantitative estimate of drug-likeness (QED) is 0.820. The van der Waals surface area contributed by atoms with Crippen molar-refractivity contribution in [2.24, 2.45) is 0 Å². The summed E-state index contributed by atoms with van der Waals surface area (Å²) in [5.74, 6) is -0.400. The van der Waals surface area contributed by atoms with Gasteiger partial charge >= 0.3 is 0 Å². The van der Waals surface area contributed by atoms with Crippen molar-refractivity contribution in [3.05, 3.63) is 62.8 Å². The predicted octanol–water partition coefficient (Wildman–Crippen LogP) is 5.23. The Hall–Kier alpha value is -1.57. The molecular formula is C15H11BrClFN2. The van der Waals surface area contributed by atoms with Crippen LogP contribution in [0.15, 0.2) is 40.9 Å². The van der Waals surface area contributed by atoms with Crippen LogP contribution in [-0.2, 0) is 0 Å². The van der Waals surface area contributed by atoms with Gasteiger partial charge in [0.25, 0.3) is 0 Å². The molecule has 2 aromatic rings. The molecule has 0 aromatic heterocycles. The van der Waals surface area contributed by atoms with Crippen LogP contribution in [0.5, 0.6) is 0 Å². The van der Waals surface area contributed by atoms with Crippen LogP contribution in [0.4, 0.5) is 10.1 Å². The highest BCUT2D eigenvalue weighted by molar-refractivity contribution is 9.10. The molecule has 0 bridgehead atoms. The zero-order chi connectivity index (χ0) is 14.7. The molecule has 0 aliphatic rings. The van der Waals surface area contributed by atoms with Gasteiger partial charge in [-0.1, -0.05) is 29.3 Å². The van der Waals surface area contributed by atoms with Crippen molar-refractivity contribution in [3.8, 4) is 6.07 Å². The molecule has 20 heavy (non-hydrogen) atoms. The van der Waals surface area contributed by atoms with Crippen molar-refractivity contribution >= 4 is 33.2 Å². The monoisotopic (exact) mass is 352 g/mol. The molecule has 5 heteroatoms. The highest BCUT2D eigenvalue weighted by atomic mass is 79.9. The molecule has 0 aliphatic heterocycles. The molecule has 2 nitrogen and oxygen atoms in total. The minimum Gasteiger partial charge on any atom is -0.366 e. The SMILES string of the molecule is Cc1ccc(F)c(C(C#N)Nc2ccc(Cl)c(Br)c2)c1. The van der Waals surface area contributed by atoms with E-state index < -0.39 is 11.9 Å². The van der Waals surface area contributed by atoms with Crippen LogP contribution < -0.4 is 5.32 Å². The van der Waals surface area contributed by atoms with E-state index in [1.807, 2.05) is 6.92 Å². The summed E-state index contributed by atoms with van der Waals surface area (Å²) < 4.78 is 14.5. The van der Waals surface area contributed by atoms with E-state index >= 15 is 0 Å². The molecule has 0 saturated carbocycles. The van der Waals surface area contributed by atoms with E-state index in [0.717, 1.165) is 5.56 Å². The second-order valence-electron chi connectivity index (χ2n) is 4.36. The molecule has 0 fully saturated rings. The summed E-state index contributed by atoms with van der Waals surface area (Å²) in [7, 11) is 0. The Bertz CT molecular complexity index is 682. The number of rotatable bonds is 3. The van der Waals surface area contributed by atoms with Crippen LogP contribution in [0, 0.1) is 24.1 Å². The maximum absolute atomic E-state index is 13.8. The van der Waals surface area contributed by atoms with Gasteiger partial charge < -0.3 is 5.32 Å². The van der Waals surface area contributed by atoms with Crippen LogP contribution in [0.3, 0.4) is 0 Å². The Morgan fingerprint density at radius 2 is 2.05 bits per heavy atom. The molecule has 0 spiro atoms. The number of hydrogen-bond donors (Lipinski definition) is 1. The number of nitrogens with one attached hydrogen (secondary N) is 1. The first-order valence-corrected chi connectivity index (χ1v) is 7.05. The number of nitrogens with zero attached hydrogens (tertiary/aromatic N) is 1. The largest absolute Gasteiger partial charge is 0.366 e. The van der Waals surface area contributed by atoms with E-state index in [1.54, 1.807) is 30.3 Å². The minimum absolute atomic E-state index is 0.332. The lowest BCUT2D eigenvalue weighted by Gasteiger charge is -2.15. The van der Waals surface area contributed by atoms with Crippen molar-refractivity contribution in [2.75, 3.05) is 5.32 Å². The second-order valence-corrected chi connectivity index (χ2v) is 5.62. The van der Waals surface area contributed by atoms with Gasteiger partial charge in [-0.2, -0.15) is 5.26 Å². The average Bonchev–Trinajstić information content (AvgIpc) is 2.43. The van der Waals surface area contributed by atoms with Crippen LogP contribution in [0.2, 0.25) is 5.02 Å². The first-order valence-electron chi connectivity index (χ1n) is 5.88. The molecule has 1 unspecified atom stereocenters. The second kappa shape index (κ2) is 6.25. The summed E-state index contributed by atoms with van der Waals surface area (Å²) in [6.45, 7) is 1.86. The molecule has 0 saturated heterocycles. The lowest BCUT2D eigenvalue weighted by atomic mass is 10.0. The molecule has 2 aromatic carbocycles. The van der Waals surface area contributed by atoms with Crippen molar-refractivity contribution in [3.63, 3.8) is 0 Å². The van der Waals surface area contributed by atoms with Crippen molar-refractivity contribution in [1.29, 1.82) is 5.26 Å². The first-order chi connectivity index (χ1) is 9.51. The summed E-state index contributed by atoms with van der Waals surface area (Å²) in [6, 6.07) is 11.2. The molecule has 0 amide bonds. The highest BCUT2D eigenvalue weighted by Gasteiger charge is 2.15. The van der Waals surface area contributed by atoms with E-state index in [1.165, 1.54) is 6.07 Å². The Balaban J connectivity index is 2.31. The fourth-order valence-electron chi connectivity index (χ4n) is 1.82. The van der Waals surface area contributed by atoms with Gasteiger partial charge in [-0.05, 0) is 47.1 Å². The average molecular weight is 354 g/mol. The number of halogens is 3. The minimum atomic E-state index is -0.761. The normalized spacial score (nSPS) is 11.8. The predicted molar refractivity (Wildman–Crippen MR) is 82.3 cm³/mol. The van der Waals surface area contributed by atoms with Gasteiger partial charge in [0.1, 0.15) is 11.9 Å². The number of anilines is 1. The third-order valence-electron chi connectivity index (χ3n) is 2.82. The molecule has 1 N–H and O–H groups in total. The Morgan fingerprint density at radius 3 is 2.70 bits per heavy atom. The molecule has 1 atom stereocenters. The lowest BCUT2D eigenvalue weighted by Crippen LogP contribution is -2.10. The van der Waals surface area contributed by atoms with E-state index in [2.05, 4.69) is 27.3 Å². The topological polar surface area (TPSA) is 35.8 Å². The maximum atomic E-state index is 13.8. The van der Waals surface area contributed by atoms with E-state index in [-0.39, 0.29) is 0 Å². The molecule has 102 valence electrons. The van der Waals surface area contributed by atoms with Gasteiger partial charge in [-0.3, -0.25) is 0 Å². The summed E-state index contributed by atoms with van der Waals surface area (Å²) in [5.41, 5.74) is 1.92. The maximum Gasteiger partial charge on any atom is 0.143 e. The zero-order valence-electron chi connectivity index (χ0n) is 10.6. The fraction of sp³-hybridized carbons (Fsp3) is 0.133. The van der Waals surface area contributed by atoms with Crippen molar-refractivity contribution in [1.82, 2.24) is 0 Å². The van der Waals surface area contributed by atoms with Crippen molar-refractivity contribution < 1.29 is 4.39 Å². The molecule has 0 aliphatic carbocycles. The number of hydrogen-bond acceptors (Lipinski definition) is 2. The van der Waals surface area contributed by atoms with Crippen LogP contribution in [0.1, 0.15) is 17.2 Å². The summed E-state index contributed by atoms with van der Waals surface area (Å²) in [4.78, 5) is 0. The van der Waals surface area contributed by atoms with Crippen LogP contribution >= 0.6 is 27.5 Å². The van der Waals surface area contributed by atoms with Crippen molar-refractivity contribution in [2.45, 2.75) is 13.0 Å². The Morgan fingerprint density at radius 1 is 1.30 bits per heavy atom. The fourth-order valence-corrected chi connectivity index (χ4v) is 2.31. The molecule has 0 radical (unpaired) electrons. The van der Waals surface area contributed by atoms with E-state index in [0.29, 0.717) is 20.7 Å².